The normalized spacial score (nSPS) is 23.8. The van der Waals surface area contributed by atoms with Crippen molar-refractivity contribution in [3.8, 4) is 0 Å². The number of rotatable bonds is 5. The van der Waals surface area contributed by atoms with Crippen molar-refractivity contribution >= 4 is 17.8 Å². The fraction of sp³-hybridized carbons (Fsp3) is 0.432. The number of hydroxylamine groups is 2. The van der Waals surface area contributed by atoms with Crippen LogP contribution in [0.3, 0.4) is 0 Å². The highest BCUT2D eigenvalue weighted by Gasteiger charge is 2.72. The highest BCUT2D eigenvalue weighted by atomic mass is 19.4. The average Bonchev–Trinajstić information content (AvgIpc) is 4.09. The molecule has 1 saturated heterocycles. The molecule has 15 heteroatoms. The molecule has 3 aromatic rings. The summed E-state index contributed by atoms with van der Waals surface area (Å²) in [4.78, 5) is 41.2. The van der Waals surface area contributed by atoms with E-state index in [1.54, 1.807) is 60.7 Å². The molecular weight excluding hydrogens is 692 g/mol. The maximum Gasteiger partial charge on any atom is 0.442 e. The van der Waals surface area contributed by atoms with Gasteiger partial charge in [0, 0.05) is 11.6 Å². The Bertz CT molecular complexity index is 1740. The van der Waals surface area contributed by atoms with E-state index in [4.69, 9.17) is 4.84 Å². The van der Waals surface area contributed by atoms with Crippen molar-refractivity contribution in [1.82, 2.24) is 15.5 Å². The zero-order valence-corrected chi connectivity index (χ0v) is 28.0. The summed E-state index contributed by atoms with van der Waals surface area (Å²) in [7, 11) is 0. The zero-order valence-electron chi connectivity index (χ0n) is 28.0. The van der Waals surface area contributed by atoms with Gasteiger partial charge in [0.05, 0.1) is 17.0 Å². The van der Waals surface area contributed by atoms with E-state index in [9.17, 15) is 40.7 Å². The highest BCUT2D eigenvalue weighted by molar-refractivity contribution is 6.20. The molecule has 2 saturated carbocycles. The number of nitrogens with one attached hydrogen (secondary N) is 1. The molecule has 2 unspecified atom stereocenters. The van der Waals surface area contributed by atoms with Crippen LogP contribution in [0.5, 0.6) is 0 Å². The summed E-state index contributed by atoms with van der Waals surface area (Å²) < 4.78 is 77.6. The van der Waals surface area contributed by atoms with Gasteiger partial charge in [-0.1, -0.05) is 116 Å². The van der Waals surface area contributed by atoms with Crippen molar-refractivity contribution in [3.05, 3.63) is 107 Å². The number of hydrogen-bond acceptors (Lipinski definition) is 8. The van der Waals surface area contributed by atoms with E-state index in [-0.39, 0.29) is 34.2 Å². The lowest BCUT2D eigenvalue weighted by atomic mass is 9.89. The first-order valence-corrected chi connectivity index (χ1v) is 17.3. The second kappa shape index (κ2) is 14.8. The van der Waals surface area contributed by atoms with Crippen LogP contribution >= 0.6 is 0 Å². The van der Waals surface area contributed by atoms with Crippen LogP contribution in [0.25, 0.3) is 0 Å². The predicted octanol–water partition coefficient (Wildman–Crippen LogP) is 8.74. The summed E-state index contributed by atoms with van der Waals surface area (Å²) in [5.74, 6) is -1.79. The molecule has 0 bridgehead atoms. The van der Waals surface area contributed by atoms with Crippen molar-refractivity contribution in [2.24, 2.45) is 16.1 Å². The van der Waals surface area contributed by atoms with E-state index >= 15 is 0 Å². The molecule has 3 heterocycles. The molecule has 9 nitrogen and oxygen atoms in total. The topological polar surface area (TPSA) is 113 Å². The minimum atomic E-state index is -4.42. The molecule has 0 spiro atoms. The third-order valence-corrected chi connectivity index (χ3v) is 9.88. The Morgan fingerprint density at radius 2 is 1.12 bits per heavy atom. The van der Waals surface area contributed by atoms with Gasteiger partial charge in [-0.2, -0.15) is 26.3 Å². The van der Waals surface area contributed by atoms with Gasteiger partial charge in [0.2, 0.25) is 5.66 Å². The second-order valence-electron chi connectivity index (χ2n) is 13.3. The Kier molecular flexibility index (Phi) is 10.6. The van der Waals surface area contributed by atoms with Gasteiger partial charge in [-0.05, 0) is 43.4 Å². The summed E-state index contributed by atoms with van der Waals surface area (Å²) in [5, 5.41) is 8.17. The third kappa shape index (κ3) is 7.33. The first kappa shape index (κ1) is 37.1. The Balaban J connectivity index is 0.000000137. The molecule has 3 aliphatic heterocycles. The number of nitrogens with zero attached hydrogens (tertiary/aromatic N) is 4. The van der Waals surface area contributed by atoms with Gasteiger partial charge in [0.15, 0.2) is 0 Å². The van der Waals surface area contributed by atoms with Gasteiger partial charge in [0.1, 0.15) is 0 Å². The number of alkyl halides is 6. The van der Waals surface area contributed by atoms with Crippen LogP contribution in [-0.2, 0) is 21.0 Å². The summed E-state index contributed by atoms with van der Waals surface area (Å²) in [6, 6.07) is 22.1. The molecule has 2 aliphatic carbocycles. The molecule has 5 aliphatic rings. The van der Waals surface area contributed by atoms with Crippen molar-refractivity contribution < 1.29 is 45.6 Å². The molecule has 3 fully saturated rings. The fourth-order valence-electron chi connectivity index (χ4n) is 6.97. The van der Waals surface area contributed by atoms with Crippen LogP contribution in [-0.4, -0.2) is 46.3 Å². The van der Waals surface area contributed by atoms with E-state index in [1.807, 2.05) is 0 Å². The molecule has 52 heavy (non-hydrogen) atoms. The molecule has 3 aromatic carbocycles. The monoisotopic (exact) mass is 729 g/mol. The number of halogens is 6. The first-order chi connectivity index (χ1) is 24.8. The number of amides is 2. The van der Waals surface area contributed by atoms with Crippen LogP contribution in [0.1, 0.15) is 96.1 Å². The maximum atomic E-state index is 13.5. The van der Waals surface area contributed by atoms with Crippen molar-refractivity contribution in [2.75, 3.05) is 0 Å². The smallest absolute Gasteiger partial charge is 0.329 e. The third-order valence-electron chi connectivity index (χ3n) is 9.88. The highest BCUT2D eigenvalue weighted by Crippen LogP contribution is 2.53. The minimum absolute atomic E-state index is 0.00409. The summed E-state index contributed by atoms with van der Waals surface area (Å²) in [6.45, 7) is 0. The molecule has 2 atom stereocenters. The predicted molar refractivity (Wildman–Crippen MR) is 175 cm³/mol. The molecule has 1 N–H and O–H groups in total. The van der Waals surface area contributed by atoms with Gasteiger partial charge in [-0.25, -0.2) is 15.2 Å². The van der Waals surface area contributed by atoms with Crippen LogP contribution in [0.4, 0.5) is 26.3 Å². The summed E-state index contributed by atoms with van der Waals surface area (Å²) in [6.07, 6.45) is 0.770. The summed E-state index contributed by atoms with van der Waals surface area (Å²) >= 11 is 0. The second-order valence-corrected chi connectivity index (χ2v) is 13.3. The molecule has 0 radical (unpaired) electrons. The number of fused-ring (bicyclic) bond motifs is 1. The standard InChI is InChI=1S/C15H15NO4.C14H17F3N2.C8H5F3N2/c17-13-11-8-4-5-9-12(11)14(18)16(13)20-15(19)10-6-2-1-3-7-10;15-14(16,17)13(11-7-3-1-4-8-11)18-19(13)12-9-5-2-6-10-12;9-8(10,11)7(12-13-7)6-4-2-1-3-5-6/h4-5,8-10H,1-3,6-7H2;1,3-4,7-8,12,18H,2,5-6,9-10H2;1-5H. The molecular formula is C37H37F6N5O4. The largest absolute Gasteiger partial charge is 0.442 e. The van der Waals surface area contributed by atoms with Gasteiger partial charge >= 0.3 is 24.0 Å². The molecule has 8 rings (SSSR count). The number of hydrogen-bond donors (Lipinski definition) is 1. The lowest BCUT2D eigenvalue weighted by molar-refractivity contribution is -0.178. The fourth-order valence-corrected chi connectivity index (χ4v) is 6.97. The summed E-state index contributed by atoms with van der Waals surface area (Å²) in [5.41, 5.74) is -0.686. The Morgan fingerprint density at radius 1 is 0.654 bits per heavy atom. The maximum absolute atomic E-state index is 13.5. The Hall–Kier alpha value is -4.63. The lowest BCUT2D eigenvalue weighted by Crippen LogP contribution is -2.38. The molecule has 2 amide bonds. The minimum Gasteiger partial charge on any atom is -0.329 e. The van der Waals surface area contributed by atoms with Gasteiger partial charge in [-0.15, -0.1) is 10.2 Å². The Labute approximate surface area is 295 Å². The number of benzene rings is 3. The van der Waals surface area contributed by atoms with Gasteiger partial charge < -0.3 is 4.84 Å². The number of carbonyl (C=O) groups is 3. The average molecular weight is 730 g/mol. The SMILES string of the molecule is FC(F)(F)C1(c2ccccc2)N=N1.FC(F)(F)C1(c2ccccc2)NN1C1CCCCC1.O=C(ON1C(=O)c2ccccc2C1=O)C1CCCCC1. The van der Waals surface area contributed by atoms with E-state index in [0.29, 0.717) is 5.06 Å². The number of hydrazine groups is 1. The van der Waals surface area contributed by atoms with Crippen LogP contribution in [0.2, 0.25) is 0 Å². The molecule has 276 valence electrons. The zero-order chi connectivity index (χ0) is 37.1. The van der Waals surface area contributed by atoms with E-state index in [0.717, 1.165) is 64.2 Å². The quantitative estimate of drug-likeness (QED) is 0.160. The molecule has 0 aromatic heterocycles. The number of carbonyl (C=O) groups excluding carboxylic acids is 3. The van der Waals surface area contributed by atoms with Crippen LogP contribution in [0.15, 0.2) is 95.2 Å². The van der Waals surface area contributed by atoms with Gasteiger partial charge in [-0.3, -0.25) is 9.59 Å². The van der Waals surface area contributed by atoms with Crippen molar-refractivity contribution in [1.29, 1.82) is 0 Å². The number of imide groups is 1. The lowest BCUT2D eigenvalue weighted by Gasteiger charge is -2.26. The first-order valence-electron chi connectivity index (χ1n) is 17.3. The van der Waals surface area contributed by atoms with E-state index in [1.165, 1.54) is 29.3 Å². The van der Waals surface area contributed by atoms with E-state index in [2.05, 4.69) is 15.7 Å². The van der Waals surface area contributed by atoms with Crippen molar-refractivity contribution in [3.63, 3.8) is 0 Å². The Morgan fingerprint density at radius 3 is 1.58 bits per heavy atom. The van der Waals surface area contributed by atoms with Crippen molar-refractivity contribution in [2.45, 2.75) is 93.9 Å². The van der Waals surface area contributed by atoms with E-state index < -0.39 is 41.5 Å². The van der Waals surface area contributed by atoms with Crippen LogP contribution in [0, 0.1) is 5.92 Å². The van der Waals surface area contributed by atoms with Gasteiger partial charge in [0.25, 0.3) is 11.8 Å². The van der Waals surface area contributed by atoms with Crippen LogP contribution < -0.4 is 5.43 Å².